The summed E-state index contributed by atoms with van der Waals surface area (Å²) >= 11 is 7.57. The molecule has 0 saturated carbocycles. The van der Waals surface area contributed by atoms with Gasteiger partial charge >= 0.3 is 5.69 Å². The zero-order chi connectivity index (χ0) is 23.1. The molecular weight excluding hydrogens is 458 g/mol. The lowest BCUT2D eigenvalue weighted by atomic mass is 10.0. The molecule has 1 aliphatic carbocycles. The first kappa shape index (κ1) is 22.4. The van der Waals surface area contributed by atoms with E-state index in [0.29, 0.717) is 20.9 Å². The molecule has 1 saturated heterocycles. The van der Waals surface area contributed by atoms with Gasteiger partial charge in [0, 0.05) is 22.5 Å². The third kappa shape index (κ3) is 4.06. The third-order valence-corrected chi connectivity index (χ3v) is 8.56. The van der Waals surface area contributed by atoms with Crippen molar-refractivity contribution in [2.24, 2.45) is 0 Å². The van der Waals surface area contributed by atoms with Crippen molar-refractivity contribution < 1.29 is 4.79 Å². The number of rotatable bonds is 3. The zero-order valence-corrected chi connectivity index (χ0v) is 20.4. The predicted molar refractivity (Wildman–Crippen MR) is 133 cm³/mol. The fourth-order valence-corrected chi connectivity index (χ4v) is 6.70. The van der Waals surface area contributed by atoms with Gasteiger partial charge in [0.25, 0.3) is 5.56 Å². The maximum atomic E-state index is 13.7. The van der Waals surface area contributed by atoms with Crippen LogP contribution in [0.15, 0.2) is 33.9 Å². The Balaban J connectivity index is 1.71. The van der Waals surface area contributed by atoms with E-state index in [1.807, 2.05) is 4.90 Å². The van der Waals surface area contributed by atoms with Crippen LogP contribution in [-0.2, 0) is 24.2 Å². The van der Waals surface area contributed by atoms with Crippen molar-refractivity contribution in [1.29, 1.82) is 0 Å². The molecule has 1 aliphatic heterocycles. The Morgan fingerprint density at radius 2 is 1.82 bits per heavy atom. The van der Waals surface area contributed by atoms with Gasteiger partial charge in [-0.3, -0.25) is 14.2 Å². The molecule has 1 aromatic carbocycles. The fourth-order valence-electron chi connectivity index (χ4n) is 5.20. The summed E-state index contributed by atoms with van der Waals surface area (Å²) in [7, 11) is 0. The quantitative estimate of drug-likeness (QED) is 0.512. The average Bonchev–Trinajstić information content (AvgIpc) is 3.01. The van der Waals surface area contributed by atoms with Gasteiger partial charge in [-0.2, -0.15) is 0 Å². The largest absolute Gasteiger partial charge is 0.338 e. The van der Waals surface area contributed by atoms with Gasteiger partial charge in [0.15, 0.2) is 0 Å². The number of likely N-dealkylation sites (tertiary alicyclic amines) is 1. The summed E-state index contributed by atoms with van der Waals surface area (Å²) in [4.78, 5) is 44.4. The molecule has 1 atom stereocenters. The molecule has 174 valence electrons. The molecule has 5 rings (SSSR count). The topological polar surface area (TPSA) is 64.3 Å². The lowest BCUT2D eigenvalue weighted by molar-refractivity contribution is -0.135. The van der Waals surface area contributed by atoms with E-state index >= 15 is 0 Å². The van der Waals surface area contributed by atoms with E-state index in [9.17, 15) is 14.4 Å². The molecular formula is C25H28ClN3O3S. The number of aromatic nitrogens is 2. The van der Waals surface area contributed by atoms with E-state index in [-0.39, 0.29) is 24.1 Å². The van der Waals surface area contributed by atoms with Crippen molar-refractivity contribution in [3.63, 3.8) is 0 Å². The molecule has 1 amide bonds. The molecule has 3 heterocycles. The fraction of sp³-hybridized carbons (Fsp3) is 0.480. The van der Waals surface area contributed by atoms with E-state index in [4.69, 9.17) is 11.6 Å². The van der Waals surface area contributed by atoms with Crippen LogP contribution in [0.2, 0.25) is 5.02 Å². The Hall–Kier alpha value is -2.38. The number of carbonyl (C=O) groups excluding carboxylic acids is 1. The molecule has 0 spiro atoms. The number of amides is 1. The standard InChI is InChI=1S/C25H28ClN3O3S/c1-16-7-5-6-14-27(16)21(30)15-28-24-22(19-8-3-2-4-9-20(19)33-24)23(31)29(25(28)32)18-12-10-17(26)11-13-18/h10-13,16H,2-9,14-15H2,1H3. The van der Waals surface area contributed by atoms with Crippen LogP contribution in [0.3, 0.4) is 0 Å². The smallest absolute Gasteiger partial charge is 0.337 e. The third-order valence-electron chi connectivity index (χ3n) is 6.99. The number of aryl methyl sites for hydroxylation is 2. The van der Waals surface area contributed by atoms with Crippen LogP contribution in [0.5, 0.6) is 0 Å². The van der Waals surface area contributed by atoms with Crippen molar-refractivity contribution >= 4 is 39.1 Å². The van der Waals surface area contributed by atoms with E-state index in [2.05, 4.69) is 6.92 Å². The van der Waals surface area contributed by atoms with Gasteiger partial charge in [0.2, 0.25) is 5.91 Å². The summed E-state index contributed by atoms with van der Waals surface area (Å²) in [5.74, 6) is -0.0597. The lowest BCUT2D eigenvalue weighted by Gasteiger charge is -2.33. The molecule has 33 heavy (non-hydrogen) atoms. The number of carbonyl (C=O) groups is 1. The Morgan fingerprint density at radius 1 is 1.06 bits per heavy atom. The van der Waals surface area contributed by atoms with Crippen LogP contribution < -0.4 is 11.2 Å². The first-order valence-electron chi connectivity index (χ1n) is 11.8. The summed E-state index contributed by atoms with van der Waals surface area (Å²) < 4.78 is 2.75. The molecule has 3 aromatic rings. The molecule has 0 bridgehead atoms. The molecule has 0 radical (unpaired) electrons. The van der Waals surface area contributed by atoms with Gasteiger partial charge in [-0.15, -0.1) is 11.3 Å². The summed E-state index contributed by atoms with van der Waals surface area (Å²) in [5, 5.41) is 1.14. The van der Waals surface area contributed by atoms with Crippen molar-refractivity contribution in [3.8, 4) is 5.69 Å². The van der Waals surface area contributed by atoms with Gasteiger partial charge in [-0.05, 0) is 81.7 Å². The second kappa shape index (κ2) is 9.11. The van der Waals surface area contributed by atoms with E-state index in [0.717, 1.165) is 63.5 Å². The highest BCUT2D eigenvalue weighted by Gasteiger charge is 2.27. The van der Waals surface area contributed by atoms with E-state index in [1.54, 1.807) is 24.3 Å². The van der Waals surface area contributed by atoms with Crippen molar-refractivity contribution in [3.05, 3.63) is 60.6 Å². The summed E-state index contributed by atoms with van der Waals surface area (Å²) in [6, 6.07) is 6.87. The first-order valence-corrected chi connectivity index (χ1v) is 13.0. The minimum atomic E-state index is -0.468. The highest BCUT2D eigenvalue weighted by molar-refractivity contribution is 7.18. The highest BCUT2D eigenvalue weighted by Crippen LogP contribution is 2.34. The second-order valence-corrected chi connectivity index (χ2v) is 10.7. The van der Waals surface area contributed by atoms with Crippen molar-refractivity contribution in [2.45, 2.75) is 70.9 Å². The molecule has 0 N–H and O–H groups in total. The Morgan fingerprint density at radius 3 is 2.58 bits per heavy atom. The normalized spacial score (nSPS) is 18.8. The highest BCUT2D eigenvalue weighted by atomic mass is 35.5. The number of benzene rings is 1. The number of piperidine rings is 1. The molecule has 6 nitrogen and oxygen atoms in total. The number of fused-ring (bicyclic) bond motifs is 3. The van der Waals surface area contributed by atoms with Crippen LogP contribution in [0.25, 0.3) is 15.9 Å². The van der Waals surface area contributed by atoms with Crippen molar-refractivity contribution in [2.75, 3.05) is 6.54 Å². The van der Waals surface area contributed by atoms with Crippen LogP contribution in [0.4, 0.5) is 0 Å². The Kier molecular flexibility index (Phi) is 6.18. The molecule has 1 unspecified atom stereocenters. The van der Waals surface area contributed by atoms with Crippen LogP contribution in [-0.4, -0.2) is 32.5 Å². The molecule has 8 heteroatoms. The second-order valence-electron chi connectivity index (χ2n) is 9.16. The average molecular weight is 486 g/mol. The van der Waals surface area contributed by atoms with E-state index < -0.39 is 5.69 Å². The number of hydrogen-bond donors (Lipinski definition) is 0. The van der Waals surface area contributed by atoms with Crippen LogP contribution >= 0.6 is 22.9 Å². The monoisotopic (exact) mass is 485 g/mol. The van der Waals surface area contributed by atoms with Gasteiger partial charge < -0.3 is 4.90 Å². The predicted octanol–water partition coefficient (Wildman–Crippen LogP) is 4.54. The lowest BCUT2D eigenvalue weighted by Crippen LogP contribution is -2.46. The molecule has 1 fully saturated rings. The number of nitrogens with zero attached hydrogens (tertiary/aromatic N) is 3. The summed E-state index contributed by atoms with van der Waals surface area (Å²) in [6.45, 7) is 2.74. The number of halogens is 1. The minimum absolute atomic E-state index is 0.0487. The van der Waals surface area contributed by atoms with Crippen LogP contribution in [0.1, 0.15) is 55.9 Å². The summed E-state index contributed by atoms with van der Waals surface area (Å²) in [5.41, 5.74) is 0.765. The number of thiophene rings is 1. The maximum Gasteiger partial charge on any atom is 0.337 e. The van der Waals surface area contributed by atoms with Gasteiger partial charge in [-0.1, -0.05) is 18.0 Å². The Bertz CT molecular complexity index is 1320. The first-order chi connectivity index (χ1) is 16.0. The van der Waals surface area contributed by atoms with Gasteiger partial charge in [0.1, 0.15) is 11.4 Å². The van der Waals surface area contributed by atoms with E-state index in [1.165, 1.54) is 25.3 Å². The van der Waals surface area contributed by atoms with Crippen molar-refractivity contribution in [1.82, 2.24) is 14.0 Å². The maximum absolute atomic E-state index is 13.7. The molecule has 2 aliphatic rings. The van der Waals surface area contributed by atoms with Gasteiger partial charge in [0.05, 0.1) is 11.1 Å². The molecule has 2 aromatic heterocycles. The SMILES string of the molecule is CC1CCCCN1C(=O)Cn1c(=O)n(-c2ccc(Cl)cc2)c(=O)c2c3c(sc21)CCCCC3. The Labute approximate surface area is 201 Å². The minimum Gasteiger partial charge on any atom is -0.338 e. The summed E-state index contributed by atoms with van der Waals surface area (Å²) in [6.07, 6.45) is 8.09. The zero-order valence-electron chi connectivity index (χ0n) is 18.8. The van der Waals surface area contributed by atoms with Crippen LogP contribution in [0, 0.1) is 0 Å². The van der Waals surface area contributed by atoms with Gasteiger partial charge in [-0.25, -0.2) is 9.36 Å². The number of hydrogen-bond acceptors (Lipinski definition) is 4.